The molecule has 130 valence electrons. The predicted octanol–water partition coefficient (Wildman–Crippen LogP) is 1.81. The number of ketones is 1. The lowest BCUT2D eigenvalue weighted by Crippen LogP contribution is -2.49. The van der Waals surface area contributed by atoms with Crippen LogP contribution in [-0.4, -0.2) is 66.8 Å². The Morgan fingerprint density at radius 1 is 1.08 bits per heavy atom. The van der Waals surface area contributed by atoms with E-state index in [9.17, 15) is 9.59 Å². The highest BCUT2D eigenvalue weighted by molar-refractivity contribution is 6.30. The molecule has 0 saturated carbocycles. The third-order valence-electron chi connectivity index (χ3n) is 4.92. The molecule has 2 saturated heterocycles. The molecule has 0 radical (unpaired) electrons. The van der Waals surface area contributed by atoms with Crippen LogP contribution in [0.1, 0.15) is 29.6 Å². The molecule has 24 heavy (non-hydrogen) atoms. The first kappa shape index (κ1) is 17.4. The van der Waals surface area contributed by atoms with E-state index >= 15 is 0 Å². The highest BCUT2D eigenvalue weighted by Crippen LogP contribution is 2.18. The van der Waals surface area contributed by atoms with Crippen LogP contribution < -0.4 is 5.32 Å². The Morgan fingerprint density at radius 3 is 2.50 bits per heavy atom. The molecule has 1 aromatic carbocycles. The minimum atomic E-state index is -0.00197. The fraction of sp³-hybridized carbons (Fsp3) is 0.556. The Bertz CT molecular complexity index is 584. The number of hydrogen-bond donors (Lipinski definition) is 1. The fourth-order valence-electron chi connectivity index (χ4n) is 3.47. The second-order valence-electron chi connectivity index (χ2n) is 6.50. The Hall–Kier alpha value is -1.43. The highest BCUT2D eigenvalue weighted by atomic mass is 35.5. The van der Waals surface area contributed by atoms with Gasteiger partial charge in [0.1, 0.15) is 0 Å². The Labute approximate surface area is 147 Å². The van der Waals surface area contributed by atoms with Gasteiger partial charge in [-0.25, -0.2) is 0 Å². The van der Waals surface area contributed by atoms with E-state index in [1.807, 2.05) is 4.90 Å². The summed E-state index contributed by atoms with van der Waals surface area (Å²) in [6.45, 7) is 5.78. The molecule has 6 heteroatoms. The van der Waals surface area contributed by atoms with E-state index in [1.54, 1.807) is 24.3 Å². The molecule has 0 aromatic heterocycles. The molecule has 2 aliphatic rings. The van der Waals surface area contributed by atoms with Gasteiger partial charge in [0.2, 0.25) is 5.91 Å². The fourth-order valence-corrected chi connectivity index (χ4v) is 3.60. The number of rotatable bonds is 5. The number of piperazine rings is 1. The molecule has 3 rings (SSSR count). The van der Waals surface area contributed by atoms with Gasteiger partial charge in [0.15, 0.2) is 5.78 Å². The molecule has 1 amide bonds. The Balaban J connectivity index is 1.45. The number of likely N-dealkylation sites (tertiary alicyclic amines) is 1. The van der Waals surface area contributed by atoms with Gasteiger partial charge >= 0.3 is 0 Å². The number of halogens is 1. The number of nitrogens with zero attached hydrogens (tertiary/aromatic N) is 2. The summed E-state index contributed by atoms with van der Waals surface area (Å²) in [6, 6.07) is 7.31. The molecule has 5 nitrogen and oxygen atoms in total. The van der Waals surface area contributed by atoms with Crippen LogP contribution in [0.25, 0.3) is 0 Å². The molecule has 2 fully saturated rings. The molecular formula is C18H24ClN3O2. The monoisotopic (exact) mass is 349 g/mol. The summed E-state index contributed by atoms with van der Waals surface area (Å²) in [7, 11) is 0. The summed E-state index contributed by atoms with van der Waals surface area (Å²) in [5.41, 5.74) is 0.618. The standard InChI is InChI=1S/C18H24ClN3O2/c19-15-3-1-14(2-4-15)17(23)5-6-18(24)22-10-7-16(13-22)21-11-8-20-9-12-21/h1-4,16,20H,5-13H2. The molecular weight excluding hydrogens is 326 g/mol. The number of amides is 1. The first-order valence-corrected chi connectivity index (χ1v) is 9.02. The molecule has 2 heterocycles. The zero-order chi connectivity index (χ0) is 16.9. The van der Waals surface area contributed by atoms with Crippen LogP contribution in [0, 0.1) is 0 Å². The third kappa shape index (κ3) is 4.35. The van der Waals surface area contributed by atoms with Gasteiger partial charge < -0.3 is 10.2 Å². The summed E-state index contributed by atoms with van der Waals surface area (Å²) in [5.74, 6) is 0.0906. The number of Topliss-reactive ketones (excluding diaryl/α,β-unsaturated/α-hetero) is 1. The van der Waals surface area contributed by atoms with Crippen molar-refractivity contribution < 1.29 is 9.59 Å². The average Bonchev–Trinajstić information content (AvgIpc) is 3.11. The molecule has 1 unspecified atom stereocenters. The van der Waals surface area contributed by atoms with E-state index < -0.39 is 0 Å². The van der Waals surface area contributed by atoms with E-state index in [0.717, 1.165) is 45.7 Å². The number of benzene rings is 1. The molecule has 2 aliphatic heterocycles. The molecule has 1 N–H and O–H groups in total. The van der Waals surface area contributed by atoms with Crippen LogP contribution >= 0.6 is 11.6 Å². The van der Waals surface area contributed by atoms with Crippen molar-refractivity contribution in [2.75, 3.05) is 39.3 Å². The van der Waals surface area contributed by atoms with Crippen LogP contribution in [-0.2, 0) is 4.79 Å². The normalized spacial score (nSPS) is 21.9. The van der Waals surface area contributed by atoms with E-state index in [2.05, 4.69) is 10.2 Å². The Kier molecular flexibility index (Phi) is 5.87. The maximum atomic E-state index is 12.4. The zero-order valence-corrected chi connectivity index (χ0v) is 14.6. The first-order valence-electron chi connectivity index (χ1n) is 8.65. The summed E-state index contributed by atoms with van der Waals surface area (Å²) < 4.78 is 0. The van der Waals surface area contributed by atoms with E-state index in [-0.39, 0.29) is 24.5 Å². The van der Waals surface area contributed by atoms with Gasteiger partial charge in [-0.05, 0) is 30.7 Å². The van der Waals surface area contributed by atoms with Crippen LogP contribution in [0.5, 0.6) is 0 Å². The van der Waals surface area contributed by atoms with Gasteiger partial charge in [-0.15, -0.1) is 0 Å². The topological polar surface area (TPSA) is 52.7 Å². The summed E-state index contributed by atoms with van der Waals surface area (Å²) in [5, 5.41) is 3.97. The number of nitrogens with one attached hydrogen (secondary N) is 1. The van der Waals surface area contributed by atoms with Crippen molar-refractivity contribution in [1.82, 2.24) is 15.1 Å². The smallest absolute Gasteiger partial charge is 0.223 e. The predicted molar refractivity (Wildman–Crippen MR) is 94.4 cm³/mol. The lowest BCUT2D eigenvalue weighted by atomic mass is 10.1. The van der Waals surface area contributed by atoms with Gasteiger partial charge in [0, 0.05) is 68.7 Å². The van der Waals surface area contributed by atoms with Crippen molar-refractivity contribution in [3.05, 3.63) is 34.9 Å². The molecule has 0 bridgehead atoms. The van der Waals surface area contributed by atoms with E-state index in [0.29, 0.717) is 16.6 Å². The SMILES string of the molecule is O=C(CCC(=O)N1CCC(N2CCNCC2)C1)c1ccc(Cl)cc1. The minimum absolute atomic E-state index is 0.00197. The highest BCUT2D eigenvalue weighted by Gasteiger charge is 2.30. The largest absolute Gasteiger partial charge is 0.341 e. The Morgan fingerprint density at radius 2 is 1.79 bits per heavy atom. The van der Waals surface area contributed by atoms with Crippen molar-refractivity contribution in [2.45, 2.75) is 25.3 Å². The maximum Gasteiger partial charge on any atom is 0.223 e. The summed E-state index contributed by atoms with van der Waals surface area (Å²) in [6.07, 6.45) is 1.59. The van der Waals surface area contributed by atoms with Gasteiger partial charge in [0.25, 0.3) is 0 Å². The van der Waals surface area contributed by atoms with Crippen molar-refractivity contribution >= 4 is 23.3 Å². The maximum absolute atomic E-state index is 12.4. The van der Waals surface area contributed by atoms with E-state index in [1.165, 1.54) is 0 Å². The molecule has 1 aromatic rings. The zero-order valence-electron chi connectivity index (χ0n) is 13.8. The second kappa shape index (κ2) is 8.10. The van der Waals surface area contributed by atoms with Gasteiger partial charge in [-0.2, -0.15) is 0 Å². The number of carbonyl (C=O) groups is 2. The van der Waals surface area contributed by atoms with Gasteiger partial charge in [-0.3, -0.25) is 14.5 Å². The molecule has 0 aliphatic carbocycles. The van der Waals surface area contributed by atoms with Crippen LogP contribution in [0.3, 0.4) is 0 Å². The summed E-state index contributed by atoms with van der Waals surface area (Å²) >= 11 is 5.83. The second-order valence-corrected chi connectivity index (χ2v) is 6.93. The quantitative estimate of drug-likeness (QED) is 0.824. The summed E-state index contributed by atoms with van der Waals surface area (Å²) in [4.78, 5) is 28.9. The van der Waals surface area contributed by atoms with Crippen molar-refractivity contribution in [1.29, 1.82) is 0 Å². The number of hydrogen-bond acceptors (Lipinski definition) is 4. The average molecular weight is 350 g/mol. The lowest BCUT2D eigenvalue weighted by Gasteiger charge is -2.32. The molecule has 1 atom stereocenters. The van der Waals surface area contributed by atoms with Crippen LogP contribution in [0.15, 0.2) is 24.3 Å². The lowest BCUT2D eigenvalue weighted by molar-refractivity contribution is -0.130. The van der Waals surface area contributed by atoms with Crippen molar-refractivity contribution in [3.8, 4) is 0 Å². The van der Waals surface area contributed by atoms with E-state index in [4.69, 9.17) is 11.6 Å². The first-order chi connectivity index (χ1) is 11.6. The van der Waals surface area contributed by atoms with Gasteiger partial charge in [0.05, 0.1) is 0 Å². The van der Waals surface area contributed by atoms with Gasteiger partial charge in [-0.1, -0.05) is 11.6 Å². The van der Waals surface area contributed by atoms with Crippen LogP contribution in [0.2, 0.25) is 5.02 Å². The third-order valence-corrected chi connectivity index (χ3v) is 5.17. The van der Waals surface area contributed by atoms with Crippen molar-refractivity contribution in [2.24, 2.45) is 0 Å². The minimum Gasteiger partial charge on any atom is -0.341 e. The van der Waals surface area contributed by atoms with Crippen LogP contribution in [0.4, 0.5) is 0 Å². The van der Waals surface area contributed by atoms with Crippen molar-refractivity contribution in [3.63, 3.8) is 0 Å². The number of carbonyl (C=O) groups excluding carboxylic acids is 2. The molecule has 0 spiro atoms.